The monoisotopic (exact) mass is 289 g/mol. The topological polar surface area (TPSA) is 73.7 Å². The fourth-order valence-electron chi connectivity index (χ4n) is 3.32. The molecule has 112 valence electrons. The van der Waals surface area contributed by atoms with Crippen molar-refractivity contribution in [3.63, 3.8) is 0 Å². The molecule has 2 fully saturated rings. The Morgan fingerprint density at radius 3 is 2.95 bits per heavy atom. The molecule has 6 nitrogen and oxygen atoms in total. The number of carboxylic acid groups (broad SMARTS) is 1. The van der Waals surface area contributed by atoms with Crippen LogP contribution in [0.3, 0.4) is 0 Å². The van der Waals surface area contributed by atoms with Gasteiger partial charge in [-0.1, -0.05) is 0 Å². The van der Waals surface area contributed by atoms with Crippen molar-refractivity contribution in [1.29, 1.82) is 0 Å². The summed E-state index contributed by atoms with van der Waals surface area (Å²) in [5, 5.41) is 8.98. The van der Waals surface area contributed by atoms with Crippen molar-refractivity contribution in [3.8, 4) is 0 Å². The van der Waals surface area contributed by atoms with E-state index in [2.05, 4.69) is 9.88 Å². The van der Waals surface area contributed by atoms with Gasteiger partial charge in [0.1, 0.15) is 5.69 Å². The lowest BCUT2D eigenvalue weighted by atomic mass is 10.1. The van der Waals surface area contributed by atoms with Crippen LogP contribution in [0.25, 0.3) is 0 Å². The first-order chi connectivity index (χ1) is 10.1. The van der Waals surface area contributed by atoms with E-state index in [1.165, 1.54) is 18.7 Å². The molecule has 2 atom stereocenters. The maximum Gasteiger partial charge on any atom is 0.354 e. The molecule has 0 bridgehead atoms. The van der Waals surface area contributed by atoms with E-state index >= 15 is 0 Å². The molecule has 2 unspecified atom stereocenters. The molecule has 6 heteroatoms. The van der Waals surface area contributed by atoms with Crippen LogP contribution < -0.4 is 0 Å². The fraction of sp³-hybridized carbons (Fsp3) is 0.533. The molecule has 2 aliphatic heterocycles. The normalized spacial score (nSPS) is 25.7. The molecule has 21 heavy (non-hydrogen) atoms. The molecule has 0 aromatic carbocycles. The van der Waals surface area contributed by atoms with Gasteiger partial charge >= 0.3 is 5.97 Å². The van der Waals surface area contributed by atoms with Gasteiger partial charge in [0.15, 0.2) is 0 Å². The van der Waals surface area contributed by atoms with Gasteiger partial charge in [-0.2, -0.15) is 0 Å². The number of aromatic nitrogens is 1. The van der Waals surface area contributed by atoms with Crippen molar-refractivity contribution < 1.29 is 14.7 Å². The number of nitrogens with zero attached hydrogens (tertiary/aromatic N) is 3. The summed E-state index contributed by atoms with van der Waals surface area (Å²) in [4.78, 5) is 31.7. The van der Waals surface area contributed by atoms with E-state index in [-0.39, 0.29) is 17.6 Å². The van der Waals surface area contributed by atoms with Gasteiger partial charge in [0, 0.05) is 36.9 Å². The Kier molecular flexibility index (Phi) is 3.63. The minimum atomic E-state index is -1.11. The van der Waals surface area contributed by atoms with Gasteiger partial charge < -0.3 is 10.0 Å². The number of carboxylic acids is 1. The van der Waals surface area contributed by atoms with Crippen LogP contribution in [-0.4, -0.2) is 63.5 Å². The van der Waals surface area contributed by atoms with E-state index in [1.807, 2.05) is 11.8 Å². The molecule has 0 spiro atoms. The molecule has 3 rings (SSSR count). The second kappa shape index (κ2) is 5.44. The number of aromatic carboxylic acids is 1. The van der Waals surface area contributed by atoms with Crippen molar-refractivity contribution >= 4 is 11.9 Å². The van der Waals surface area contributed by atoms with Crippen LogP contribution in [0.15, 0.2) is 18.3 Å². The highest BCUT2D eigenvalue weighted by atomic mass is 16.4. The Hall–Kier alpha value is -1.95. The van der Waals surface area contributed by atoms with Crippen LogP contribution in [0, 0.1) is 0 Å². The minimum Gasteiger partial charge on any atom is -0.477 e. The Balaban J connectivity index is 1.81. The maximum atomic E-state index is 12.7. The average molecular weight is 289 g/mol. The maximum absolute atomic E-state index is 12.7. The smallest absolute Gasteiger partial charge is 0.354 e. The SMILES string of the molecule is CC1CN2CCCC2CN1C(=O)c1ccnc(C(=O)O)c1. The third-order valence-corrected chi connectivity index (χ3v) is 4.42. The van der Waals surface area contributed by atoms with Crippen molar-refractivity contribution in [2.24, 2.45) is 0 Å². The zero-order chi connectivity index (χ0) is 15.0. The Labute approximate surface area is 123 Å². The van der Waals surface area contributed by atoms with Crippen molar-refractivity contribution in [2.75, 3.05) is 19.6 Å². The molecule has 0 saturated carbocycles. The van der Waals surface area contributed by atoms with E-state index < -0.39 is 5.97 Å². The average Bonchev–Trinajstić information content (AvgIpc) is 2.92. The van der Waals surface area contributed by atoms with E-state index in [0.717, 1.165) is 26.1 Å². The quantitative estimate of drug-likeness (QED) is 0.882. The Bertz CT molecular complexity index is 575. The van der Waals surface area contributed by atoms with Crippen LogP contribution in [0.2, 0.25) is 0 Å². The lowest BCUT2D eigenvalue weighted by Gasteiger charge is -2.42. The first-order valence-corrected chi connectivity index (χ1v) is 7.30. The lowest BCUT2D eigenvalue weighted by Crippen LogP contribution is -2.56. The number of rotatable bonds is 2. The van der Waals surface area contributed by atoms with Gasteiger partial charge in [-0.25, -0.2) is 9.78 Å². The molecule has 1 aromatic heterocycles. The Morgan fingerprint density at radius 2 is 2.19 bits per heavy atom. The molecule has 1 N–H and O–H groups in total. The summed E-state index contributed by atoms with van der Waals surface area (Å²) in [5.74, 6) is -1.21. The van der Waals surface area contributed by atoms with Crippen molar-refractivity contribution in [3.05, 3.63) is 29.6 Å². The number of fused-ring (bicyclic) bond motifs is 1. The summed E-state index contributed by atoms with van der Waals surface area (Å²) in [6.07, 6.45) is 3.71. The standard InChI is InChI=1S/C15H19N3O3/c1-10-8-17-6-2-3-12(17)9-18(10)14(19)11-4-5-16-13(7-11)15(20)21/h4-5,7,10,12H,2-3,6,8-9H2,1H3,(H,20,21). The molecule has 1 amide bonds. The first-order valence-electron chi connectivity index (χ1n) is 7.30. The number of amides is 1. The highest BCUT2D eigenvalue weighted by Crippen LogP contribution is 2.25. The molecule has 3 heterocycles. The zero-order valence-corrected chi connectivity index (χ0v) is 12.0. The summed E-state index contributed by atoms with van der Waals surface area (Å²) < 4.78 is 0. The first kappa shape index (κ1) is 14.0. The van der Waals surface area contributed by atoms with Crippen LogP contribution in [0.5, 0.6) is 0 Å². The Morgan fingerprint density at radius 1 is 1.38 bits per heavy atom. The highest BCUT2D eigenvalue weighted by Gasteiger charge is 2.36. The molecular formula is C15H19N3O3. The number of piperazine rings is 1. The molecule has 2 saturated heterocycles. The molecular weight excluding hydrogens is 270 g/mol. The van der Waals surface area contributed by atoms with Gasteiger partial charge in [-0.15, -0.1) is 0 Å². The number of carbonyl (C=O) groups excluding carboxylic acids is 1. The van der Waals surface area contributed by atoms with E-state index in [4.69, 9.17) is 5.11 Å². The predicted molar refractivity (Wildman–Crippen MR) is 76.3 cm³/mol. The summed E-state index contributed by atoms with van der Waals surface area (Å²) >= 11 is 0. The summed E-state index contributed by atoms with van der Waals surface area (Å²) in [6, 6.07) is 3.54. The number of hydrogen-bond donors (Lipinski definition) is 1. The van der Waals surface area contributed by atoms with Crippen molar-refractivity contribution in [2.45, 2.75) is 31.8 Å². The second-order valence-electron chi connectivity index (χ2n) is 5.83. The van der Waals surface area contributed by atoms with Gasteiger partial charge in [-0.3, -0.25) is 9.69 Å². The van der Waals surface area contributed by atoms with Crippen LogP contribution in [0.4, 0.5) is 0 Å². The fourth-order valence-corrected chi connectivity index (χ4v) is 3.32. The van der Waals surface area contributed by atoms with Gasteiger partial charge in [0.25, 0.3) is 5.91 Å². The molecule has 0 radical (unpaired) electrons. The molecule has 1 aromatic rings. The van der Waals surface area contributed by atoms with Crippen LogP contribution >= 0.6 is 0 Å². The largest absolute Gasteiger partial charge is 0.477 e. The third-order valence-electron chi connectivity index (χ3n) is 4.42. The van der Waals surface area contributed by atoms with E-state index in [1.54, 1.807) is 6.07 Å². The van der Waals surface area contributed by atoms with Gasteiger partial charge in [0.05, 0.1) is 0 Å². The third kappa shape index (κ3) is 2.63. The van der Waals surface area contributed by atoms with Gasteiger partial charge in [0.2, 0.25) is 0 Å². The lowest BCUT2D eigenvalue weighted by molar-refractivity contribution is 0.0395. The summed E-state index contributed by atoms with van der Waals surface area (Å²) in [6.45, 7) is 4.79. The second-order valence-corrected chi connectivity index (χ2v) is 5.83. The summed E-state index contributed by atoms with van der Waals surface area (Å²) in [7, 11) is 0. The predicted octanol–water partition coefficient (Wildman–Crippen LogP) is 1.09. The minimum absolute atomic E-state index is 0.0898. The van der Waals surface area contributed by atoms with Gasteiger partial charge in [-0.05, 0) is 38.4 Å². The van der Waals surface area contributed by atoms with Crippen molar-refractivity contribution in [1.82, 2.24) is 14.8 Å². The number of carbonyl (C=O) groups is 2. The van der Waals surface area contributed by atoms with Crippen LogP contribution in [0.1, 0.15) is 40.6 Å². The van der Waals surface area contributed by atoms with E-state index in [0.29, 0.717) is 11.6 Å². The number of hydrogen-bond acceptors (Lipinski definition) is 4. The summed E-state index contributed by atoms with van der Waals surface area (Å²) in [5.41, 5.74) is 0.314. The van der Waals surface area contributed by atoms with E-state index in [9.17, 15) is 9.59 Å². The molecule has 2 aliphatic rings. The zero-order valence-electron chi connectivity index (χ0n) is 12.0. The molecule has 0 aliphatic carbocycles. The van der Waals surface area contributed by atoms with Crippen LogP contribution in [-0.2, 0) is 0 Å². The highest BCUT2D eigenvalue weighted by molar-refractivity contribution is 5.96. The number of pyridine rings is 1.